The zero-order valence-corrected chi connectivity index (χ0v) is 11.8. The maximum atomic E-state index is 12.0. The topological polar surface area (TPSA) is 52.7 Å². The molecule has 0 atom stereocenters. The Balaban J connectivity index is 1.64. The van der Waals surface area contributed by atoms with Gasteiger partial charge >= 0.3 is 0 Å². The number of piperidine rings is 1. The van der Waals surface area contributed by atoms with Crippen LogP contribution in [0.5, 0.6) is 0 Å². The largest absolute Gasteiger partial charge is 0.303 e. The Morgan fingerprint density at radius 1 is 1.06 bits per heavy atom. The van der Waals surface area contributed by atoms with Crippen molar-refractivity contribution in [3.05, 3.63) is 6.42 Å². The molecule has 0 aromatic rings. The van der Waals surface area contributed by atoms with Crippen molar-refractivity contribution in [2.75, 3.05) is 39.3 Å². The lowest BCUT2D eigenvalue weighted by atomic mass is 10.2. The fourth-order valence-electron chi connectivity index (χ4n) is 2.57. The highest BCUT2D eigenvalue weighted by atomic mass is 32.2. The first kappa shape index (κ1) is 14.2. The highest BCUT2D eigenvalue weighted by molar-refractivity contribution is 7.87. The molecule has 2 fully saturated rings. The van der Waals surface area contributed by atoms with Gasteiger partial charge in [-0.05, 0) is 58.2 Å². The van der Waals surface area contributed by atoms with Crippen molar-refractivity contribution < 1.29 is 8.42 Å². The second-order valence-corrected chi connectivity index (χ2v) is 6.82. The van der Waals surface area contributed by atoms with Crippen LogP contribution in [0.4, 0.5) is 0 Å². The van der Waals surface area contributed by atoms with E-state index in [-0.39, 0.29) is 0 Å². The molecule has 0 amide bonds. The van der Waals surface area contributed by atoms with Crippen molar-refractivity contribution in [3.63, 3.8) is 0 Å². The number of nitrogens with zero attached hydrogens (tertiary/aromatic N) is 2. The lowest BCUT2D eigenvalue weighted by Gasteiger charge is -2.26. The molecule has 0 aliphatic carbocycles. The Hall–Kier alpha value is -0.170. The lowest BCUT2D eigenvalue weighted by molar-refractivity contribution is 0.332. The van der Waals surface area contributed by atoms with Gasteiger partial charge < -0.3 is 4.90 Å². The lowest BCUT2D eigenvalue weighted by Crippen LogP contribution is -2.44. The van der Waals surface area contributed by atoms with Crippen molar-refractivity contribution in [2.24, 2.45) is 0 Å². The van der Waals surface area contributed by atoms with Gasteiger partial charge in [0, 0.05) is 19.6 Å². The predicted molar refractivity (Wildman–Crippen MR) is 72.3 cm³/mol. The zero-order valence-electron chi connectivity index (χ0n) is 11.0. The molecule has 18 heavy (non-hydrogen) atoms. The fraction of sp³-hybridized carbons (Fsp3) is 0.917. The van der Waals surface area contributed by atoms with Crippen LogP contribution in [0.15, 0.2) is 0 Å². The summed E-state index contributed by atoms with van der Waals surface area (Å²) in [6, 6.07) is 0. The van der Waals surface area contributed by atoms with E-state index in [1.165, 1.54) is 25.9 Å². The SMILES string of the molecule is O=S(=O)(NCCCN1CCCC1)N1CC[CH]CC1. The van der Waals surface area contributed by atoms with Gasteiger partial charge in [0.15, 0.2) is 0 Å². The molecule has 105 valence electrons. The number of hydrogen-bond acceptors (Lipinski definition) is 3. The van der Waals surface area contributed by atoms with Crippen LogP contribution in [0.25, 0.3) is 0 Å². The van der Waals surface area contributed by atoms with Crippen LogP contribution in [0, 0.1) is 6.42 Å². The van der Waals surface area contributed by atoms with E-state index in [9.17, 15) is 8.42 Å². The summed E-state index contributed by atoms with van der Waals surface area (Å²) >= 11 is 0. The molecule has 1 radical (unpaired) electrons. The molecule has 2 heterocycles. The van der Waals surface area contributed by atoms with E-state index in [4.69, 9.17) is 0 Å². The van der Waals surface area contributed by atoms with Crippen molar-refractivity contribution in [1.29, 1.82) is 0 Å². The normalized spacial score (nSPS) is 23.6. The van der Waals surface area contributed by atoms with E-state index < -0.39 is 10.2 Å². The quantitative estimate of drug-likeness (QED) is 0.722. The molecule has 0 bridgehead atoms. The maximum absolute atomic E-state index is 12.0. The number of nitrogens with one attached hydrogen (secondary N) is 1. The number of hydrogen-bond donors (Lipinski definition) is 1. The van der Waals surface area contributed by atoms with Crippen molar-refractivity contribution in [1.82, 2.24) is 13.9 Å². The molecule has 6 heteroatoms. The molecule has 2 aliphatic rings. The van der Waals surface area contributed by atoms with Gasteiger partial charge in [0.05, 0.1) is 0 Å². The molecule has 1 N–H and O–H groups in total. The summed E-state index contributed by atoms with van der Waals surface area (Å²) in [6.45, 7) is 5.17. The molecular formula is C12H24N3O2S. The van der Waals surface area contributed by atoms with Crippen LogP contribution in [0.2, 0.25) is 0 Å². The molecule has 0 unspecified atom stereocenters. The zero-order chi connectivity index (χ0) is 12.8. The van der Waals surface area contributed by atoms with Gasteiger partial charge in [-0.25, -0.2) is 4.72 Å². The summed E-state index contributed by atoms with van der Waals surface area (Å²) in [5, 5.41) is 0. The summed E-state index contributed by atoms with van der Waals surface area (Å²) in [5.74, 6) is 0. The van der Waals surface area contributed by atoms with Crippen molar-refractivity contribution in [3.8, 4) is 0 Å². The maximum Gasteiger partial charge on any atom is 0.279 e. The molecule has 0 aromatic carbocycles. The average Bonchev–Trinajstić information content (AvgIpc) is 2.89. The van der Waals surface area contributed by atoms with Crippen LogP contribution < -0.4 is 4.72 Å². The Bertz CT molecular complexity index is 333. The summed E-state index contributed by atoms with van der Waals surface area (Å²) in [6.07, 6.45) is 7.37. The summed E-state index contributed by atoms with van der Waals surface area (Å²) in [7, 11) is -3.23. The van der Waals surface area contributed by atoms with Gasteiger partial charge in [0.2, 0.25) is 0 Å². The highest BCUT2D eigenvalue weighted by Crippen LogP contribution is 2.11. The molecule has 2 rings (SSSR count). The van der Waals surface area contributed by atoms with E-state index in [0.717, 1.165) is 25.8 Å². The van der Waals surface area contributed by atoms with E-state index in [0.29, 0.717) is 19.6 Å². The van der Waals surface area contributed by atoms with Gasteiger partial charge in [0.1, 0.15) is 0 Å². The highest BCUT2D eigenvalue weighted by Gasteiger charge is 2.23. The molecule has 0 aromatic heterocycles. The summed E-state index contributed by atoms with van der Waals surface area (Å²) in [4.78, 5) is 2.41. The van der Waals surface area contributed by atoms with E-state index in [2.05, 4.69) is 16.0 Å². The van der Waals surface area contributed by atoms with Crippen molar-refractivity contribution >= 4 is 10.2 Å². The third kappa shape index (κ3) is 4.19. The minimum absolute atomic E-state index is 0.555. The minimum atomic E-state index is -3.23. The first-order chi connectivity index (χ1) is 8.68. The first-order valence-electron chi connectivity index (χ1n) is 6.97. The average molecular weight is 274 g/mol. The van der Waals surface area contributed by atoms with Crippen molar-refractivity contribution in [2.45, 2.75) is 32.1 Å². The second kappa shape index (κ2) is 6.84. The first-order valence-corrected chi connectivity index (χ1v) is 8.41. The van der Waals surface area contributed by atoms with Crippen LogP contribution >= 0.6 is 0 Å². The van der Waals surface area contributed by atoms with Gasteiger partial charge in [-0.2, -0.15) is 12.7 Å². The fourth-order valence-corrected chi connectivity index (χ4v) is 3.84. The molecule has 0 saturated carbocycles. The molecular weight excluding hydrogens is 250 g/mol. The number of likely N-dealkylation sites (tertiary alicyclic amines) is 1. The van der Waals surface area contributed by atoms with Gasteiger partial charge in [0.25, 0.3) is 10.2 Å². The van der Waals surface area contributed by atoms with E-state index >= 15 is 0 Å². The Morgan fingerprint density at radius 3 is 2.39 bits per heavy atom. The van der Waals surface area contributed by atoms with E-state index in [1.807, 2.05) is 0 Å². The van der Waals surface area contributed by atoms with Crippen LogP contribution in [0.1, 0.15) is 32.1 Å². The number of rotatable bonds is 6. The monoisotopic (exact) mass is 274 g/mol. The molecule has 5 nitrogen and oxygen atoms in total. The van der Waals surface area contributed by atoms with E-state index in [1.54, 1.807) is 4.31 Å². The Kier molecular flexibility index (Phi) is 5.41. The van der Waals surface area contributed by atoms with Gasteiger partial charge in [-0.1, -0.05) is 0 Å². The smallest absolute Gasteiger partial charge is 0.279 e. The second-order valence-electron chi connectivity index (χ2n) is 5.07. The van der Waals surface area contributed by atoms with Gasteiger partial charge in [-0.3, -0.25) is 0 Å². The Morgan fingerprint density at radius 2 is 1.72 bits per heavy atom. The molecule has 2 aliphatic heterocycles. The van der Waals surface area contributed by atoms with Crippen LogP contribution in [0.3, 0.4) is 0 Å². The Labute approximate surface area is 111 Å². The predicted octanol–water partition coefficient (Wildman–Crippen LogP) is 0.607. The van der Waals surface area contributed by atoms with Crippen LogP contribution in [-0.2, 0) is 10.2 Å². The third-order valence-electron chi connectivity index (χ3n) is 3.64. The summed E-state index contributed by atoms with van der Waals surface area (Å²) in [5.41, 5.74) is 0. The summed E-state index contributed by atoms with van der Waals surface area (Å²) < 4.78 is 28.2. The molecule has 2 saturated heterocycles. The third-order valence-corrected chi connectivity index (χ3v) is 5.25. The van der Waals surface area contributed by atoms with Gasteiger partial charge in [-0.15, -0.1) is 0 Å². The minimum Gasteiger partial charge on any atom is -0.303 e. The standard InChI is InChI=1S/C12H24N3O2S/c16-18(17,15-11-2-1-3-12-15)13-7-6-10-14-8-4-5-9-14/h1,13H,2-12H2. The van der Waals surface area contributed by atoms with Crippen LogP contribution in [-0.4, -0.2) is 56.9 Å². The molecule has 0 spiro atoms.